The molecule has 39 heavy (non-hydrogen) atoms. The molecular weight excluding hydrogens is 775 g/mol. The standard InChI is InChI=1S/C36H63.I2.Y/c1-23-21-27-33(11)17-15-24(2)30(5,6)26(33)16-18-35(27,13)36(14)20-19-34(12)25(28(23)36)22-29(3,4)31(7,8)32(34,9)10;1-2;/h23-27H,15-22H2,1-14H3;;/q-1;;. The van der Waals surface area contributed by atoms with Gasteiger partial charge in [-0.05, 0) is 70.5 Å². The minimum absolute atomic E-state index is 0. The van der Waals surface area contributed by atoms with Gasteiger partial charge in [0.15, 0.2) is 0 Å². The summed E-state index contributed by atoms with van der Waals surface area (Å²) in [6.45, 7) is 37.3. The fourth-order valence-electron chi connectivity index (χ4n) is 12.9. The molecular formula is C36H63I2Y-. The average Bonchev–Trinajstić information content (AvgIpc) is 2.81. The molecule has 9 atom stereocenters. The molecule has 225 valence electrons. The molecule has 0 spiro atoms. The molecule has 0 saturated heterocycles. The molecule has 5 aliphatic rings. The van der Waals surface area contributed by atoms with Crippen LogP contribution in [0.3, 0.4) is 0 Å². The Hall–Kier alpha value is 2.56. The second-order valence-corrected chi connectivity index (χ2v) is 18.6. The van der Waals surface area contributed by atoms with Gasteiger partial charge in [-0.2, -0.15) is 11.8 Å². The topological polar surface area (TPSA) is 0 Å². The second-order valence-electron chi connectivity index (χ2n) is 18.6. The predicted molar refractivity (Wildman–Crippen MR) is 185 cm³/mol. The molecule has 5 rings (SSSR count). The summed E-state index contributed by atoms with van der Waals surface area (Å²) in [5.41, 5.74) is 3.27. The summed E-state index contributed by atoms with van der Waals surface area (Å²) in [7, 11) is 0. The molecule has 5 saturated carbocycles. The van der Waals surface area contributed by atoms with Crippen molar-refractivity contribution in [2.24, 2.45) is 72.9 Å². The summed E-state index contributed by atoms with van der Waals surface area (Å²) in [6.07, 6.45) is 11.5. The number of rotatable bonds is 0. The summed E-state index contributed by atoms with van der Waals surface area (Å²) in [5.74, 6) is 6.22. The minimum Gasteiger partial charge on any atom is -0.301 e. The number of fused-ring (bicyclic) bond motifs is 7. The van der Waals surface area contributed by atoms with E-state index in [1.165, 1.54) is 51.4 Å². The summed E-state index contributed by atoms with van der Waals surface area (Å²) in [4.78, 5) is 0. The predicted octanol–water partition coefficient (Wildman–Crippen LogP) is 12.8. The van der Waals surface area contributed by atoms with Crippen LogP contribution in [0.15, 0.2) is 0 Å². The van der Waals surface area contributed by atoms with E-state index in [-0.39, 0.29) is 32.7 Å². The first-order valence-electron chi connectivity index (χ1n) is 16.2. The van der Waals surface area contributed by atoms with E-state index in [0.29, 0.717) is 43.3 Å². The summed E-state index contributed by atoms with van der Waals surface area (Å²) in [5, 5.41) is 0. The first kappa shape index (κ1) is 36.0. The number of hydrogen-bond acceptors (Lipinski definition) is 0. The Morgan fingerprint density at radius 1 is 0.641 bits per heavy atom. The zero-order chi connectivity index (χ0) is 29.1. The molecule has 0 amide bonds. The maximum absolute atomic E-state index is 2.81. The van der Waals surface area contributed by atoms with Gasteiger partial charge in [0.1, 0.15) is 0 Å². The molecule has 0 aromatic heterocycles. The van der Waals surface area contributed by atoms with Gasteiger partial charge >= 0.3 is 0 Å². The molecule has 0 aliphatic heterocycles. The maximum atomic E-state index is 2.81. The zero-order valence-corrected chi connectivity index (χ0v) is 35.5. The third-order valence-electron chi connectivity index (χ3n) is 17.3. The molecule has 0 bridgehead atoms. The molecule has 0 nitrogen and oxygen atoms in total. The van der Waals surface area contributed by atoms with Crippen molar-refractivity contribution >= 4 is 37.2 Å². The minimum atomic E-state index is 0. The van der Waals surface area contributed by atoms with Gasteiger partial charge in [-0.15, -0.1) is 5.41 Å². The molecule has 0 heterocycles. The van der Waals surface area contributed by atoms with Crippen molar-refractivity contribution in [1.82, 2.24) is 0 Å². The van der Waals surface area contributed by atoms with Gasteiger partial charge < -0.3 is 5.92 Å². The first-order valence-corrected chi connectivity index (χ1v) is 22.5. The molecule has 3 heteroatoms. The summed E-state index contributed by atoms with van der Waals surface area (Å²) < 4.78 is 0. The van der Waals surface area contributed by atoms with E-state index < -0.39 is 0 Å². The van der Waals surface area contributed by atoms with Crippen molar-refractivity contribution in [3.63, 3.8) is 0 Å². The van der Waals surface area contributed by atoms with Crippen molar-refractivity contribution < 1.29 is 32.7 Å². The van der Waals surface area contributed by atoms with Gasteiger partial charge in [-0.25, -0.2) is 0 Å². The number of halogens is 2. The van der Waals surface area contributed by atoms with E-state index in [0.717, 1.165) is 29.6 Å². The van der Waals surface area contributed by atoms with E-state index in [1.54, 1.807) is 0 Å². The van der Waals surface area contributed by atoms with Gasteiger partial charge in [-0.3, -0.25) is 0 Å². The monoisotopic (exact) mass is 838 g/mol. The van der Waals surface area contributed by atoms with Crippen LogP contribution in [0.2, 0.25) is 0 Å². The van der Waals surface area contributed by atoms with E-state index >= 15 is 0 Å². The van der Waals surface area contributed by atoms with E-state index in [9.17, 15) is 0 Å². The SMILES string of the molecule is CC1CC2C3(C)CCC(C)C(C)(C)C3CCC2(C)C2(C)CCC3(C)C(CC(C)(C)C(C)(C)C3(C)C)[C-]12.II.[Y]. The zero-order valence-electron chi connectivity index (χ0n) is 28.4. The van der Waals surface area contributed by atoms with Crippen LogP contribution in [0.1, 0.15) is 148 Å². The molecule has 0 N–H and O–H groups in total. The smallest absolute Gasteiger partial charge is 0 e. The van der Waals surface area contributed by atoms with E-state index in [2.05, 4.69) is 134 Å². The number of hydrogen-bond donors (Lipinski definition) is 0. The van der Waals surface area contributed by atoms with Crippen molar-refractivity contribution in [2.45, 2.75) is 148 Å². The largest absolute Gasteiger partial charge is 0.301 e. The van der Waals surface area contributed by atoms with Crippen LogP contribution >= 0.6 is 37.2 Å². The fraction of sp³-hybridized carbons (Fsp3) is 0.972. The van der Waals surface area contributed by atoms with Crippen LogP contribution in [0.25, 0.3) is 0 Å². The van der Waals surface area contributed by atoms with Crippen molar-refractivity contribution in [3.05, 3.63) is 5.92 Å². The molecule has 5 fully saturated rings. The van der Waals surface area contributed by atoms with Crippen LogP contribution in [-0.4, -0.2) is 0 Å². The van der Waals surface area contributed by atoms with E-state index in [1.807, 2.05) is 5.92 Å². The average molecular weight is 839 g/mol. The van der Waals surface area contributed by atoms with E-state index in [4.69, 9.17) is 0 Å². The van der Waals surface area contributed by atoms with Crippen LogP contribution in [-0.2, 0) is 32.7 Å². The molecule has 0 aromatic carbocycles. The van der Waals surface area contributed by atoms with Crippen molar-refractivity contribution in [2.75, 3.05) is 0 Å². The Balaban J connectivity index is 0.00000137. The normalized spacial score (nSPS) is 50.9. The van der Waals surface area contributed by atoms with Gasteiger partial charge in [0.25, 0.3) is 0 Å². The third kappa shape index (κ3) is 4.44. The Morgan fingerprint density at radius 2 is 1.21 bits per heavy atom. The summed E-state index contributed by atoms with van der Waals surface area (Å²) >= 11 is 4.24. The third-order valence-corrected chi connectivity index (χ3v) is 17.3. The Kier molecular flexibility index (Phi) is 10.0. The molecule has 5 aliphatic carbocycles. The molecule has 1 radical (unpaired) electrons. The Labute approximate surface area is 293 Å². The Morgan fingerprint density at radius 3 is 1.77 bits per heavy atom. The maximum Gasteiger partial charge on any atom is 0 e. The van der Waals surface area contributed by atoms with Crippen LogP contribution < -0.4 is 0 Å². The Bertz CT molecular complexity index is 921. The van der Waals surface area contributed by atoms with Gasteiger partial charge in [0.2, 0.25) is 0 Å². The molecule has 9 unspecified atom stereocenters. The summed E-state index contributed by atoms with van der Waals surface area (Å²) in [6, 6.07) is 0. The van der Waals surface area contributed by atoms with Gasteiger partial charge in [0.05, 0.1) is 0 Å². The van der Waals surface area contributed by atoms with Gasteiger partial charge in [0, 0.05) is 69.9 Å². The van der Waals surface area contributed by atoms with Crippen molar-refractivity contribution in [3.8, 4) is 0 Å². The second kappa shape index (κ2) is 10.8. The molecule has 0 aromatic rings. The quantitative estimate of drug-likeness (QED) is 0.168. The van der Waals surface area contributed by atoms with Gasteiger partial charge in [-0.1, -0.05) is 133 Å². The fourth-order valence-corrected chi connectivity index (χ4v) is 12.9. The van der Waals surface area contributed by atoms with Crippen molar-refractivity contribution in [1.29, 1.82) is 0 Å². The van der Waals surface area contributed by atoms with Crippen LogP contribution in [0, 0.1) is 78.8 Å². The van der Waals surface area contributed by atoms with Crippen LogP contribution in [0.5, 0.6) is 0 Å². The first-order chi connectivity index (χ1) is 17.2. The van der Waals surface area contributed by atoms with Crippen LogP contribution in [0.4, 0.5) is 0 Å².